The number of phenols is 1. The molecule has 3 nitrogen and oxygen atoms in total. The van der Waals surface area contributed by atoms with Crippen LogP contribution in [0.3, 0.4) is 0 Å². The molecular formula is C9H6NO2S-. The summed E-state index contributed by atoms with van der Waals surface area (Å²) in [6, 6.07) is 6.67. The maximum atomic E-state index is 11.3. The van der Waals surface area contributed by atoms with Crippen molar-refractivity contribution in [2.24, 2.45) is 4.99 Å². The van der Waals surface area contributed by atoms with E-state index in [9.17, 15) is 9.32 Å². The van der Waals surface area contributed by atoms with E-state index in [1.165, 1.54) is 11.5 Å². The Bertz CT molecular complexity index is 423. The van der Waals surface area contributed by atoms with E-state index in [-0.39, 0.29) is 5.75 Å². The fraction of sp³-hybridized carbons (Fsp3) is 0. The molecule has 0 radical (unpaired) electrons. The van der Waals surface area contributed by atoms with E-state index in [2.05, 4.69) is 11.2 Å². The van der Waals surface area contributed by atoms with Gasteiger partial charge in [0.1, 0.15) is 5.75 Å². The first kappa shape index (κ1) is 8.19. The third-order valence-corrected chi connectivity index (χ3v) is 2.66. The Hall–Kier alpha value is -1.42. The molecule has 1 aromatic rings. The third-order valence-electron chi connectivity index (χ3n) is 1.65. The maximum Gasteiger partial charge on any atom is 0.107 e. The van der Waals surface area contributed by atoms with Gasteiger partial charge in [0.05, 0.1) is 0 Å². The van der Waals surface area contributed by atoms with Gasteiger partial charge in [-0.25, -0.2) is 0 Å². The van der Waals surface area contributed by atoms with Gasteiger partial charge in [0, 0.05) is 0 Å². The molecule has 1 heterocycles. The minimum Gasteiger partial charge on any atom is -0.509 e. The topological polar surface area (TPSA) is 49.7 Å². The molecule has 0 aromatic heterocycles. The van der Waals surface area contributed by atoms with Gasteiger partial charge in [-0.15, -0.1) is 6.20 Å². The SMILES string of the molecule is O=S1C=[C-]N=C1c1ccccc1O. The van der Waals surface area contributed by atoms with Gasteiger partial charge in [-0.1, -0.05) is 23.6 Å². The van der Waals surface area contributed by atoms with Crippen molar-refractivity contribution in [2.45, 2.75) is 0 Å². The maximum absolute atomic E-state index is 11.3. The number of aliphatic imine (C=N–C) groups is 1. The number of rotatable bonds is 1. The van der Waals surface area contributed by atoms with Crippen LogP contribution in [0.2, 0.25) is 0 Å². The molecule has 2 rings (SSSR count). The summed E-state index contributed by atoms with van der Waals surface area (Å²) in [5.74, 6) is 0.0895. The van der Waals surface area contributed by atoms with Crippen LogP contribution in [0.15, 0.2) is 34.7 Å². The van der Waals surface area contributed by atoms with E-state index in [0.717, 1.165) is 0 Å². The molecule has 1 aromatic carbocycles. The van der Waals surface area contributed by atoms with Crippen LogP contribution in [0.1, 0.15) is 5.56 Å². The molecule has 1 N–H and O–H groups in total. The first-order valence-electron chi connectivity index (χ1n) is 3.64. The monoisotopic (exact) mass is 192 g/mol. The molecule has 1 aliphatic rings. The zero-order chi connectivity index (χ0) is 9.26. The van der Waals surface area contributed by atoms with Crippen LogP contribution in [-0.4, -0.2) is 14.4 Å². The molecule has 0 fully saturated rings. The average Bonchev–Trinajstić information content (AvgIpc) is 2.52. The van der Waals surface area contributed by atoms with Crippen molar-refractivity contribution in [3.8, 4) is 5.75 Å². The molecule has 0 saturated carbocycles. The number of phenolic OH excluding ortho intramolecular Hbond substituents is 1. The standard InChI is InChI=1S/C9H6NO2S/c11-8-4-2-1-3-7(8)9-10-5-6-13(9)12/h1-4,6,11H/q-1. The predicted octanol–water partition coefficient (Wildman–Crippen LogP) is 1.18. The van der Waals surface area contributed by atoms with Crippen molar-refractivity contribution >= 4 is 15.8 Å². The molecule has 1 aliphatic heterocycles. The third kappa shape index (κ3) is 1.40. The Morgan fingerprint density at radius 3 is 2.77 bits per heavy atom. The Kier molecular flexibility index (Phi) is 1.98. The highest BCUT2D eigenvalue weighted by Crippen LogP contribution is 2.20. The van der Waals surface area contributed by atoms with Crippen molar-refractivity contribution in [1.29, 1.82) is 0 Å². The van der Waals surface area contributed by atoms with Gasteiger partial charge in [0.25, 0.3) is 0 Å². The van der Waals surface area contributed by atoms with E-state index < -0.39 is 10.8 Å². The quantitative estimate of drug-likeness (QED) is 0.679. The van der Waals surface area contributed by atoms with Gasteiger partial charge < -0.3 is 10.1 Å². The molecule has 0 saturated heterocycles. The number of nitrogens with zero attached hydrogens (tertiary/aromatic N) is 1. The second kappa shape index (κ2) is 3.14. The highest BCUT2D eigenvalue weighted by atomic mass is 32.2. The van der Waals surface area contributed by atoms with Crippen LogP contribution < -0.4 is 0 Å². The minimum absolute atomic E-state index is 0.0895. The lowest BCUT2D eigenvalue weighted by atomic mass is 10.2. The summed E-state index contributed by atoms with van der Waals surface area (Å²) in [5.41, 5.74) is 0.502. The van der Waals surface area contributed by atoms with Gasteiger partial charge in [-0.3, -0.25) is 4.21 Å². The van der Waals surface area contributed by atoms with Crippen molar-refractivity contribution in [2.75, 3.05) is 0 Å². The number of hydrogen-bond donors (Lipinski definition) is 1. The smallest absolute Gasteiger partial charge is 0.107 e. The lowest BCUT2D eigenvalue weighted by Crippen LogP contribution is -2.03. The van der Waals surface area contributed by atoms with E-state index >= 15 is 0 Å². The molecule has 1 unspecified atom stereocenters. The minimum atomic E-state index is -1.27. The molecule has 13 heavy (non-hydrogen) atoms. The highest BCUT2D eigenvalue weighted by molar-refractivity contribution is 8.04. The second-order valence-corrected chi connectivity index (χ2v) is 3.70. The van der Waals surface area contributed by atoms with E-state index in [0.29, 0.717) is 10.6 Å². The lowest BCUT2D eigenvalue weighted by molar-refractivity contribution is 0.474. The zero-order valence-electron chi connectivity index (χ0n) is 6.60. The summed E-state index contributed by atoms with van der Waals surface area (Å²) in [6.45, 7) is 0. The fourth-order valence-electron chi connectivity index (χ4n) is 1.06. The fourth-order valence-corrected chi connectivity index (χ4v) is 1.85. The summed E-state index contributed by atoms with van der Waals surface area (Å²) in [6.07, 6.45) is 2.50. The molecule has 0 spiro atoms. The first-order chi connectivity index (χ1) is 6.29. The van der Waals surface area contributed by atoms with Crippen molar-refractivity contribution in [3.63, 3.8) is 0 Å². The summed E-state index contributed by atoms with van der Waals surface area (Å²) < 4.78 is 11.3. The van der Waals surface area contributed by atoms with Crippen LogP contribution in [0, 0.1) is 6.20 Å². The van der Waals surface area contributed by atoms with Crippen molar-refractivity contribution in [3.05, 3.63) is 41.4 Å². The Morgan fingerprint density at radius 2 is 2.15 bits per heavy atom. The number of hydrogen-bond acceptors (Lipinski definition) is 3. The van der Waals surface area contributed by atoms with Gasteiger partial charge >= 0.3 is 0 Å². The molecule has 0 aliphatic carbocycles. The Balaban J connectivity index is 2.48. The molecular weight excluding hydrogens is 186 g/mol. The van der Waals surface area contributed by atoms with Crippen LogP contribution >= 0.6 is 0 Å². The molecule has 0 amide bonds. The zero-order valence-corrected chi connectivity index (χ0v) is 7.41. The van der Waals surface area contributed by atoms with Gasteiger partial charge in [-0.05, 0) is 27.5 Å². The normalized spacial score (nSPS) is 20.3. The largest absolute Gasteiger partial charge is 0.509 e. The van der Waals surface area contributed by atoms with Crippen molar-refractivity contribution < 1.29 is 9.32 Å². The molecule has 66 valence electrons. The Labute approximate surface area is 77.9 Å². The average molecular weight is 192 g/mol. The number of para-hydroxylation sites is 1. The summed E-state index contributed by atoms with van der Waals surface area (Å²) >= 11 is 0. The molecule has 0 bridgehead atoms. The number of aromatic hydroxyl groups is 1. The van der Waals surface area contributed by atoms with Gasteiger partial charge in [0.2, 0.25) is 0 Å². The van der Waals surface area contributed by atoms with Crippen LogP contribution in [-0.2, 0) is 10.8 Å². The first-order valence-corrected chi connectivity index (χ1v) is 4.86. The van der Waals surface area contributed by atoms with E-state index in [4.69, 9.17) is 0 Å². The van der Waals surface area contributed by atoms with Crippen LogP contribution in [0.4, 0.5) is 0 Å². The van der Waals surface area contributed by atoms with Crippen LogP contribution in [0.25, 0.3) is 0 Å². The number of benzene rings is 1. The Morgan fingerprint density at radius 1 is 1.38 bits per heavy atom. The second-order valence-electron chi connectivity index (χ2n) is 2.48. The predicted molar refractivity (Wildman–Crippen MR) is 50.6 cm³/mol. The summed E-state index contributed by atoms with van der Waals surface area (Å²) in [4.78, 5) is 3.80. The lowest BCUT2D eigenvalue weighted by Gasteiger charge is -2.09. The van der Waals surface area contributed by atoms with E-state index in [1.54, 1.807) is 18.2 Å². The summed E-state index contributed by atoms with van der Waals surface area (Å²) in [7, 11) is -1.27. The van der Waals surface area contributed by atoms with Gasteiger partial charge in [0.15, 0.2) is 0 Å². The van der Waals surface area contributed by atoms with E-state index in [1.807, 2.05) is 0 Å². The van der Waals surface area contributed by atoms with Crippen molar-refractivity contribution in [1.82, 2.24) is 0 Å². The molecule has 4 heteroatoms. The highest BCUT2D eigenvalue weighted by Gasteiger charge is 2.05. The molecule has 1 atom stereocenters. The van der Waals surface area contributed by atoms with Crippen LogP contribution in [0.5, 0.6) is 5.75 Å². The van der Waals surface area contributed by atoms with Gasteiger partial charge in [-0.2, -0.15) is 0 Å². The summed E-state index contributed by atoms with van der Waals surface area (Å²) in [5, 5.41) is 11.2.